The van der Waals surface area contributed by atoms with Crippen molar-refractivity contribution in [1.29, 1.82) is 0 Å². The van der Waals surface area contributed by atoms with E-state index in [4.69, 9.17) is 37.9 Å². The van der Waals surface area contributed by atoms with Gasteiger partial charge in [0.15, 0.2) is 18.1 Å². The zero-order valence-electron chi connectivity index (χ0n) is 51.8. The topological polar surface area (TPSA) is 280 Å². The minimum atomic E-state index is -3.02. The van der Waals surface area contributed by atoms with Gasteiger partial charge in [-0.3, -0.25) is 33.6 Å². The van der Waals surface area contributed by atoms with Crippen molar-refractivity contribution in [2.24, 2.45) is 5.92 Å². The minimum absolute atomic E-state index is 0.0521. The number of ether oxygens (including phenoxy) is 8. The fourth-order valence-corrected chi connectivity index (χ4v) is 9.52. The van der Waals surface area contributed by atoms with Crippen LogP contribution in [0.4, 0.5) is 0 Å². The first-order chi connectivity index (χ1) is 43.9. The highest BCUT2D eigenvalue weighted by molar-refractivity contribution is 6.15. The Kier molecular flexibility index (Phi) is 25.3. The third-order valence-corrected chi connectivity index (χ3v) is 14.2. The first-order valence-corrected chi connectivity index (χ1v) is 29.5. The number of nitrogens with one attached hydrogen (secondary N) is 3. The Hall–Kier alpha value is -9.91. The fraction of sp³-hybridized carbons (Fsp3) is 0.358. The number of carbonyl (C=O) groups is 7. The smallest absolute Gasteiger partial charge is 0.344 e. The molecule has 482 valence electrons. The summed E-state index contributed by atoms with van der Waals surface area (Å²) in [6.07, 6.45) is 5.63. The van der Waals surface area contributed by atoms with E-state index in [-0.39, 0.29) is 100 Å². The maximum atomic E-state index is 16.1. The molecule has 0 aliphatic carbocycles. The number of hydrogen-bond acceptors (Lipinski definition) is 17. The Morgan fingerprint density at radius 2 is 1.07 bits per heavy atom. The highest BCUT2D eigenvalue weighted by atomic mass is 16.6. The standard InChI is InChI=1S/C67H77N7O17/c1-66(2,3)90-55(75)46-87-51-24-22-47(23-25-51)26-30-68-60(78)54-29-35-73(40-43-86-6)64(82)67(54,91-63(81)50-20-14-9-15-21-50)65(83)74(36-31-69-58(76)52-27-33-71(38-41-84-4)61(79)56(52)88-44-48-16-10-7-11-17-48)37-32-70-59(77)53-28-34-72(39-42-85-5)62(80)57(53)89-45-49-18-12-8-13-19-49/h7-25,27-29,33-35,54H,26,30-32,36-46H2,1-6H3,(H,68,78)(H,69,76)(H,70,77). The molecule has 24 heteroatoms. The van der Waals surface area contributed by atoms with Crippen LogP contribution in [-0.2, 0) is 75.6 Å². The summed E-state index contributed by atoms with van der Waals surface area (Å²) in [5.74, 6) is -8.53. The van der Waals surface area contributed by atoms with Crippen molar-refractivity contribution in [1.82, 2.24) is 34.9 Å². The molecule has 1 aliphatic heterocycles. The Labute approximate surface area is 526 Å². The Bertz CT molecular complexity index is 3460. The number of esters is 2. The molecule has 91 heavy (non-hydrogen) atoms. The first-order valence-electron chi connectivity index (χ1n) is 29.5. The highest BCUT2D eigenvalue weighted by Gasteiger charge is 2.62. The van der Waals surface area contributed by atoms with Gasteiger partial charge in [-0.05, 0) is 80.3 Å². The number of rotatable bonds is 33. The molecule has 6 aromatic rings. The lowest BCUT2D eigenvalue weighted by Gasteiger charge is -2.43. The zero-order chi connectivity index (χ0) is 65.3. The van der Waals surface area contributed by atoms with Gasteiger partial charge in [-0.1, -0.05) is 97.1 Å². The summed E-state index contributed by atoms with van der Waals surface area (Å²) >= 11 is 0. The van der Waals surface area contributed by atoms with Gasteiger partial charge in [-0.25, -0.2) is 9.59 Å². The molecular weight excluding hydrogens is 1170 g/mol. The molecule has 0 fully saturated rings. The van der Waals surface area contributed by atoms with Gasteiger partial charge in [-0.2, -0.15) is 0 Å². The molecule has 3 heterocycles. The average Bonchev–Trinajstić information content (AvgIpc) is 0.748. The summed E-state index contributed by atoms with van der Waals surface area (Å²) in [6, 6.07) is 35.0. The number of pyridine rings is 2. The van der Waals surface area contributed by atoms with Crippen LogP contribution >= 0.6 is 0 Å². The quantitative estimate of drug-likeness (QED) is 0.0370. The van der Waals surface area contributed by atoms with Crippen LogP contribution in [-0.4, -0.2) is 159 Å². The van der Waals surface area contributed by atoms with Gasteiger partial charge in [0.25, 0.3) is 40.3 Å². The first kappa shape index (κ1) is 68.6. The van der Waals surface area contributed by atoms with Crippen LogP contribution in [0.25, 0.3) is 0 Å². The van der Waals surface area contributed by atoms with Crippen molar-refractivity contribution < 1.29 is 71.5 Å². The summed E-state index contributed by atoms with van der Waals surface area (Å²) in [4.78, 5) is 132. The molecule has 2 aromatic heterocycles. The molecule has 7 rings (SSSR count). The molecule has 1 aliphatic rings. The van der Waals surface area contributed by atoms with Gasteiger partial charge in [0.05, 0.1) is 36.5 Å². The van der Waals surface area contributed by atoms with Crippen LogP contribution in [0.5, 0.6) is 17.2 Å². The molecule has 5 amide bonds. The number of hydrogen-bond donors (Lipinski definition) is 3. The number of nitrogens with zero attached hydrogens (tertiary/aromatic N) is 4. The van der Waals surface area contributed by atoms with Gasteiger partial charge in [-0.15, -0.1) is 0 Å². The van der Waals surface area contributed by atoms with Crippen molar-refractivity contribution in [3.8, 4) is 17.2 Å². The molecule has 0 saturated carbocycles. The van der Waals surface area contributed by atoms with Crippen molar-refractivity contribution in [2.45, 2.75) is 64.7 Å². The molecule has 3 N–H and O–H groups in total. The van der Waals surface area contributed by atoms with Crippen molar-refractivity contribution in [3.05, 3.63) is 206 Å². The van der Waals surface area contributed by atoms with E-state index in [9.17, 15) is 33.6 Å². The second-order valence-corrected chi connectivity index (χ2v) is 21.8. The molecule has 0 radical (unpaired) electrons. The molecule has 24 nitrogen and oxygen atoms in total. The van der Waals surface area contributed by atoms with Crippen molar-refractivity contribution in [2.75, 3.05) is 87.0 Å². The van der Waals surface area contributed by atoms with Crippen LogP contribution in [0.1, 0.15) is 68.5 Å². The molecular formula is C67H77N7O17. The average molecular weight is 1250 g/mol. The predicted molar refractivity (Wildman–Crippen MR) is 333 cm³/mol. The molecule has 2 atom stereocenters. The summed E-state index contributed by atoms with van der Waals surface area (Å²) in [7, 11) is 4.36. The van der Waals surface area contributed by atoms with Crippen LogP contribution in [0.2, 0.25) is 0 Å². The second-order valence-electron chi connectivity index (χ2n) is 21.8. The summed E-state index contributed by atoms with van der Waals surface area (Å²) < 4.78 is 47.7. The minimum Gasteiger partial charge on any atom is -0.482 e. The number of amides is 5. The van der Waals surface area contributed by atoms with Crippen LogP contribution in [0.15, 0.2) is 162 Å². The summed E-state index contributed by atoms with van der Waals surface area (Å²) in [5, 5.41) is 8.32. The van der Waals surface area contributed by atoms with E-state index in [1.807, 2.05) is 12.1 Å². The molecule has 4 aromatic carbocycles. The van der Waals surface area contributed by atoms with Crippen LogP contribution < -0.4 is 41.3 Å². The predicted octanol–water partition coefficient (Wildman–Crippen LogP) is 4.74. The Morgan fingerprint density at radius 3 is 1.56 bits per heavy atom. The molecule has 2 unspecified atom stereocenters. The summed E-state index contributed by atoms with van der Waals surface area (Å²) in [5.41, 5.74) is -3.19. The van der Waals surface area contributed by atoms with E-state index in [1.54, 1.807) is 112 Å². The van der Waals surface area contributed by atoms with Crippen LogP contribution in [0, 0.1) is 5.92 Å². The number of methoxy groups -OCH3 is 3. The van der Waals surface area contributed by atoms with E-state index in [0.717, 1.165) is 15.4 Å². The summed E-state index contributed by atoms with van der Waals surface area (Å²) in [6.45, 7) is 3.37. The highest BCUT2D eigenvalue weighted by Crippen LogP contribution is 2.35. The third-order valence-electron chi connectivity index (χ3n) is 14.2. The van der Waals surface area contributed by atoms with Gasteiger partial charge in [0, 0.05) is 92.3 Å². The van der Waals surface area contributed by atoms with Crippen molar-refractivity contribution in [3.63, 3.8) is 0 Å². The lowest BCUT2D eigenvalue weighted by molar-refractivity contribution is -0.175. The Balaban J connectivity index is 1.23. The Morgan fingerprint density at radius 1 is 0.571 bits per heavy atom. The van der Waals surface area contributed by atoms with Gasteiger partial charge >= 0.3 is 11.9 Å². The molecule has 0 saturated heterocycles. The van der Waals surface area contributed by atoms with E-state index >= 15 is 9.59 Å². The van der Waals surface area contributed by atoms with Gasteiger partial charge < -0.3 is 72.8 Å². The largest absolute Gasteiger partial charge is 0.482 e. The number of carbonyl (C=O) groups excluding carboxylic acids is 7. The number of benzene rings is 4. The van der Waals surface area contributed by atoms with E-state index < -0.39 is 95.9 Å². The van der Waals surface area contributed by atoms with E-state index in [1.165, 1.54) is 79.4 Å². The second kappa shape index (κ2) is 33.6. The van der Waals surface area contributed by atoms with Gasteiger partial charge in [0.2, 0.25) is 5.91 Å². The normalized spacial score (nSPS) is 14.4. The van der Waals surface area contributed by atoms with E-state index in [2.05, 4.69) is 16.0 Å². The maximum Gasteiger partial charge on any atom is 0.344 e. The molecule has 0 spiro atoms. The monoisotopic (exact) mass is 1250 g/mol. The van der Waals surface area contributed by atoms with Crippen LogP contribution in [0.3, 0.4) is 0 Å². The van der Waals surface area contributed by atoms with E-state index in [0.29, 0.717) is 16.9 Å². The lowest BCUT2D eigenvalue weighted by atomic mass is 9.80. The zero-order valence-corrected chi connectivity index (χ0v) is 51.8. The van der Waals surface area contributed by atoms with Crippen molar-refractivity contribution >= 4 is 41.5 Å². The maximum absolute atomic E-state index is 16.1. The lowest BCUT2D eigenvalue weighted by Crippen LogP contribution is -2.68. The third kappa shape index (κ3) is 19.1. The number of aromatic nitrogens is 2. The SMILES string of the molecule is COCCN1C=CC(C(=O)NCCc2ccc(OCC(=O)OC(C)(C)C)cc2)C(OC(=O)c2ccccc2)(C(=O)N(CCNC(=O)c2ccn(CCOC)c(=O)c2OCc2ccccc2)CCNC(=O)c2ccn(CCOC)c(=O)c2OCc2ccccc2)C1=O. The fourth-order valence-electron chi connectivity index (χ4n) is 9.52. The van der Waals surface area contributed by atoms with Gasteiger partial charge in [0.1, 0.15) is 30.5 Å². The molecule has 0 bridgehead atoms.